The van der Waals surface area contributed by atoms with Gasteiger partial charge in [-0.3, -0.25) is 4.79 Å². The van der Waals surface area contributed by atoms with Crippen molar-refractivity contribution in [2.75, 3.05) is 0 Å². The number of rotatable bonds is 4. The maximum absolute atomic E-state index is 14.1. The van der Waals surface area contributed by atoms with Gasteiger partial charge in [-0.25, -0.2) is 13.2 Å². The molecule has 0 saturated heterocycles. The molecule has 0 heterocycles. The van der Waals surface area contributed by atoms with Crippen molar-refractivity contribution in [1.29, 1.82) is 0 Å². The summed E-state index contributed by atoms with van der Waals surface area (Å²) in [6.45, 7) is 10.2. The van der Waals surface area contributed by atoms with Gasteiger partial charge in [0.1, 0.15) is 12.4 Å². The van der Waals surface area contributed by atoms with Crippen LogP contribution in [0, 0.1) is 41.1 Å². The van der Waals surface area contributed by atoms with Gasteiger partial charge in [0.05, 0.1) is 5.92 Å². The molecule has 0 bridgehead atoms. The number of ether oxygens (including phenoxy) is 1. The molecule has 0 aromatic heterocycles. The monoisotopic (exact) mass is 328 g/mol. The highest BCUT2D eigenvalue weighted by Crippen LogP contribution is 2.68. The van der Waals surface area contributed by atoms with Crippen molar-refractivity contribution in [3.63, 3.8) is 0 Å². The van der Waals surface area contributed by atoms with Crippen LogP contribution in [0.5, 0.6) is 0 Å². The lowest BCUT2D eigenvalue weighted by Crippen LogP contribution is -2.15. The van der Waals surface area contributed by atoms with E-state index in [0.717, 1.165) is 0 Å². The zero-order valence-electron chi connectivity index (χ0n) is 14.4. The van der Waals surface area contributed by atoms with Crippen LogP contribution in [0.2, 0.25) is 0 Å². The zero-order valence-corrected chi connectivity index (χ0v) is 14.4. The summed E-state index contributed by atoms with van der Waals surface area (Å²) in [5.41, 5.74) is -0.917. The van der Waals surface area contributed by atoms with Crippen molar-refractivity contribution in [3.05, 3.63) is 34.1 Å². The van der Waals surface area contributed by atoms with Gasteiger partial charge in [0.25, 0.3) is 0 Å². The van der Waals surface area contributed by atoms with Gasteiger partial charge in [0.15, 0.2) is 11.6 Å². The van der Waals surface area contributed by atoms with Crippen LogP contribution in [0.4, 0.5) is 13.2 Å². The molecule has 23 heavy (non-hydrogen) atoms. The molecule has 0 spiro atoms. The number of hydrogen-bond acceptors (Lipinski definition) is 2. The number of halogens is 3. The molecule has 0 radical (unpaired) electrons. The third kappa shape index (κ3) is 2.54. The summed E-state index contributed by atoms with van der Waals surface area (Å²) in [6.07, 6.45) is 0.192. The van der Waals surface area contributed by atoms with Crippen LogP contribution >= 0.6 is 0 Å². The van der Waals surface area contributed by atoms with Crippen LogP contribution in [0.15, 0.2) is 0 Å². The van der Waals surface area contributed by atoms with Gasteiger partial charge in [0, 0.05) is 11.1 Å². The van der Waals surface area contributed by atoms with Crippen LogP contribution in [-0.2, 0) is 22.6 Å². The summed E-state index contributed by atoms with van der Waals surface area (Å²) in [5.74, 6) is -3.89. The second-order valence-corrected chi connectivity index (χ2v) is 7.36. The molecule has 1 saturated carbocycles. The van der Waals surface area contributed by atoms with E-state index in [-0.39, 0.29) is 39.9 Å². The largest absolute Gasteiger partial charge is 0.460 e. The molecule has 1 aromatic carbocycles. The van der Waals surface area contributed by atoms with Crippen molar-refractivity contribution in [1.82, 2.24) is 0 Å². The number of esters is 1. The van der Waals surface area contributed by atoms with Gasteiger partial charge >= 0.3 is 5.97 Å². The standard InChI is InChI=1S/C18H23F3O2/c1-7-10-11(14(21)13(20)9(2)12(10)19)8-23-16(22)15-17(3,4)18(15,5)6/h15H,7-8H2,1-6H3. The first-order chi connectivity index (χ1) is 10.5. The molecule has 1 aliphatic carbocycles. The molecule has 0 N–H and O–H groups in total. The second kappa shape index (κ2) is 5.53. The lowest BCUT2D eigenvalue weighted by Gasteiger charge is -2.14. The molecule has 1 aliphatic rings. The molecular weight excluding hydrogens is 305 g/mol. The number of benzene rings is 1. The predicted octanol–water partition coefficient (Wildman–Crippen LogP) is 4.70. The summed E-state index contributed by atoms with van der Waals surface area (Å²) in [4.78, 5) is 12.2. The van der Waals surface area contributed by atoms with Gasteiger partial charge in [-0.15, -0.1) is 0 Å². The first-order valence-electron chi connectivity index (χ1n) is 7.79. The summed E-state index contributed by atoms with van der Waals surface area (Å²) >= 11 is 0. The summed E-state index contributed by atoms with van der Waals surface area (Å²) in [7, 11) is 0. The van der Waals surface area contributed by atoms with E-state index in [1.54, 1.807) is 6.92 Å². The first kappa shape index (κ1) is 17.8. The molecule has 1 aromatic rings. The Morgan fingerprint density at radius 1 is 1.00 bits per heavy atom. The Bertz CT molecular complexity index is 649. The molecule has 128 valence electrons. The van der Waals surface area contributed by atoms with Crippen LogP contribution < -0.4 is 0 Å². The van der Waals surface area contributed by atoms with Crippen LogP contribution in [0.1, 0.15) is 51.3 Å². The molecule has 0 aliphatic heterocycles. The van der Waals surface area contributed by atoms with Crippen LogP contribution in [0.25, 0.3) is 0 Å². The second-order valence-electron chi connectivity index (χ2n) is 7.36. The molecule has 2 nitrogen and oxygen atoms in total. The zero-order chi connectivity index (χ0) is 17.7. The van der Waals surface area contributed by atoms with E-state index in [4.69, 9.17) is 4.74 Å². The van der Waals surface area contributed by atoms with Crippen LogP contribution in [-0.4, -0.2) is 5.97 Å². The van der Waals surface area contributed by atoms with Crippen LogP contribution in [0.3, 0.4) is 0 Å². The summed E-state index contributed by atoms with van der Waals surface area (Å²) in [6, 6.07) is 0. The SMILES string of the molecule is CCc1c(F)c(C)c(F)c(F)c1COC(=O)C1C(C)(C)C1(C)C. The molecule has 1 fully saturated rings. The lowest BCUT2D eigenvalue weighted by atomic mass is 10.0. The fraction of sp³-hybridized carbons (Fsp3) is 0.611. The minimum absolute atomic E-state index is 0.0588. The maximum Gasteiger partial charge on any atom is 0.310 e. The minimum atomic E-state index is -1.22. The Hall–Kier alpha value is -1.52. The topological polar surface area (TPSA) is 26.3 Å². The highest BCUT2D eigenvalue weighted by molar-refractivity contribution is 5.78. The van der Waals surface area contributed by atoms with Crippen molar-refractivity contribution in [3.8, 4) is 0 Å². The lowest BCUT2D eigenvalue weighted by molar-refractivity contribution is -0.148. The van der Waals surface area contributed by atoms with Gasteiger partial charge in [-0.1, -0.05) is 34.6 Å². The van der Waals surface area contributed by atoms with Crippen molar-refractivity contribution >= 4 is 5.97 Å². The highest BCUT2D eigenvalue weighted by Gasteiger charge is 2.69. The van der Waals surface area contributed by atoms with Gasteiger partial charge < -0.3 is 4.74 Å². The smallest absolute Gasteiger partial charge is 0.310 e. The minimum Gasteiger partial charge on any atom is -0.460 e. The average molecular weight is 328 g/mol. The van der Waals surface area contributed by atoms with Crippen molar-refractivity contribution in [2.45, 2.75) is 54.6 Å². The number of carbonyl (C=O) groups is 1. The summed E-state index contributed by atoms with van der Waals surface area (Å²) < 4.78 is 47.2. The Balaban J connectivity index is 2.24. The van der Waals surface area contributed by atoms with E-state index in [1.165, 1.54) is 6.92 Å². The fourth-order valence-corrected chi connectivity index (χ4v) is 3.42. The van der Waals surface area contributed by atoms with Gasteiger partial charge in [-0.05, 0) is 29.7 Å². The van der Waals surface area contributed by atoms with Gasteiger partial charge in [-0.2, -0.15) is 0 Å². The number of carbonyl (C=O) groups excluding carboxylic acids is 1. The van der Waals surface area contributed by atoms with Crippen molar-refractivity contribution < 1.29 is 22.7 Å². The third-order valence-electron chi connectivity index (χ3n) is 5.71. The van der Waals surface area contributed by atoms with Crippen molar-refractivity contribution in [2.24, 2.45) is 16.7 Å². The van der Waals surface area contributed by atoms with E-state index in [0.29, 0.717) is 0 Å². The fourth-order valence-electron chi connectivity index (χ4n) is 3.42. The molecule has 0 unspecified atom stereocenters. The molecule has 0 atom stereocenters. The van der Waals surface area contributed by atoms with E-state index in [9.17, 15) is 18.0 Å². The molecular formula is C18H23F3O2. The predicted molar refractivity (Wildman–Crippen MR) is 81.3 cm³/mol. The quantitative estimate of drug-likeness (QED) is 0.591. The Morgan fingerprint density at radius 2 is 1.52 bits per heavy atom. The average Bonchev–Trinajstić information content (AvgIpc) is 2.88. The van der Waals surface area contributed by atoms with E-state index < -0.39 is 30.0 Å². The molecule has 0 amide bonds. The van der Waals surface area contributed by atoms with E-state index >= 15 is 0 Å². The number of hydrogen-bond donors (Lipinski definition) is 0. The normalized spacial score (nSPS) is 18.8. The molecule has 5 heteroatoms. The van der Waals surface area contributed by atoms with E-state index in [1.807, 2.05) is 27.7 Å². The maximum atomic E-state index is 14.1. The third-order valence-corrected chi connectivity index (χ3v) is 5.71. The molecule has 2 rings (SSSR count). The van der Waals surface area contributed by atoms with Gasteiger partial charge in [0.2, 0.25) is 0 Å². The Morgan fingerprint density at radius 3 is 1.96 bits per heavy atom. The van der Waals surface area contributed by atoms with E-state index in [2.05, 4.69) is 0 Å². The summed E-state index contributed by atoms with van der Waals surface area (Å²) in [5, 5.41) is 0. The highest BCUT2D eigenvalue weighted by atomic mass is 19.2. The Kier molecular flexibility index (Phi) is 4.29. The first-order valence-corrected chi connectivity index (χ1v) is 7.79. The Labute approximate surface area is 135 Å².